The number of imidazole rings is 1. The molecule has 0 aliphatic carbocycles. The summed E-state index contributed by atoms with van der Waals surface area (Å²) in [6, 6.07) is 6.17. The average Bonchev–Trinajstić information content (AvgIpc) is 2.76. The first kappa shape index (κ1) is 11.3. The van der Waals surface area contributed by atoms with Crippen molar-refractivity contribution in [2.24, 2.45) is 0 Å². The maximum atomic E-state index is 5.40. The van der Waals surface area contributed by atoms with E-state index in [4.69, 9.17) is 4.74 Å². The quantitative estimate of drug-likeness (QED) is 0.867. The Balaban J connectivity index is 1.98. The maximum Gasteiger partial charge on any atom is 0.128 e. The Labute approximate surface area is 106 Å². The number of aromatic amines is 1. The van der Waals surface area contributed by atoms with Crippen molar-refractivity contribution in [1.82, 2.24) is 15.3 Å². The number of benzene rings is 1. The van der Waals surface area contributed by atoms with E-state index in [1.807, 2.05) is 12.3 Å². The summed E-state index contributed by atoms with van der Waals surface area (Å²) >= 11 is 0. The van der Waals surface area contributed by atoms with Crippen molar-refractivity contribution in [1.29, 1.82) is 0 Å². The molecule has 2 N–H and O–H groups in total. The fourth-order valence-electron chi connectivity index (χ4n) is 2.20. The largest absolute Gasteiger partial charge is 0.496 e. The lowest BCUT2D eigenvalue weighted by Crippen LogP contribution is -2.40. The number of hydrogen-bond acceptors (Lipinski definition) is 3. The summed E-state index contributed by atoms with van der Waals surface area (Å²) in [6.45, 7) is 4.10. The fraction of sp³-hybridized carbons (Fsp3) is 0.357. The van der Waals surface area contributed by atoms with Crippen LogP contribution in [0.4, 0.5) is 0 Å². The van der Waals surface area contributed by atoms with Gasteiger partial charge in [-0.2, -0.15) is 0 Å². The second-order valence-corrected chi connectivity index (χ2v) is 4.74. The van der Waals surface area contributed by atoms with E-state index in [-0.39, 0.29) is 0 Å². The first-order chi connectivity index (χ1) is 8.78. The first-order valence-corrected chi connectivity index (χ1v) is 6.18. The minimum Gasteiger partial charge on any atom is -0.496 e. The SMILES string of the molecule is COc1ccc(C)cc1-c1cnc(C2CNC2)[nH]1. The maximum absolute atomic E-state index is 5.40. The third-order valence-corrected chi connectivity index (χ3v) is 3.41. The van der Waals surface area contributed by atoms with E-state index in [2.05, 4.69) is 34.3 Å². The van der Waals surface area contributed by atoms with Crippen molar-refractivity contribution in [3.63, 3.8) is 0 Å². The molecule has 0 saturated carbocycles. The molecule has 1 saturated heterocycles. The minimum atomic E-state index is 0.523. The second-order valence-electron chi connectivity index (χ2n) is 4.74. The van der Waals surface area contributed by atoms with Crippen LogP contribution in [0.2, 0.25) is 0 Å². The molecule has 94 valence electrons. The smallest absolute Gasteiger partial charge is 0.128 e. The molecule has 1 aromatic carbocycles. The zero-order valence-electron chi connectivity index (χ0n) is 10.7. The third kappa shape index (κ3) is 1.88. The van der Waals surface area contributed by atoms with Gasteiger partial charge in [0.1, 0.15) is 11.6 Å². The summed E-state index contributed by atoms with van der Waals surface area (Å²) in [5.41, 5.74) is 3.31. The van der Waals surface area contributed by atoms with Gasteiger partial charge in [0.05, 0.1) is 19.0 Å². The first-order valence-electron chi connectivity index (χ1n) is 6.18. The molecule has 1 aliphatic heterocycles. The highest BCUT2D eigenvalue weighted by atomic mass is 16.5. The monoisotopic (exact) mass is 243 g/mol. The van der Waals surface area contributed by atoms with E-state index in [9.17, 15) is 0 Å². The molecule has 4 nitrogen and oxygen atoms in total. The Morgan fingerprint density at radius 2 is 2.17 bits per heavy atom. The fourth-order valence-corrected chi connectivity index (χ4v) is 2.20. The Hall–Kier alpha value is -1.81. The van der Waals surface area contributed by atoms with Crippen molar-refractivity contribution in [3.05, 3.63) is 35.8 Å². The molecule has 1 aliphatic rings. The van der Waals surface area contributed by atoms with Crippen LogP contribution in [0.15, 0.2) is 24.4 Å². The summed E-state index contributed by atoms with van der Waals surface area (Å²) in [6.07, 6.45) is 1.89. The van der Waals surface area contributed by atoms with Crippen LogP contribution in [-0.4, -0.2) is 30.2 Å². The minimum absolute atomic E-state index is 0.523. The second kappa shape index (κ2) is 4.46. The zero-order chi connectivity index (χ0) is 12.5. The Kier molecular flexibility index (Phi) is 2.80. The van der Waals surface area contributed by atoms with E-state index < -0.39 is 0 Å². The van der Waals surface area contributed by atoms with Gasteiger partial charge in [-0.15, -0.1) is 0 Å². The number of methoxy groups -OCH3 is 1. The Morgan fingerprint density at radius 3 is 2.83 bits per heavy atom. The highest BCUT2D eigenvalue weighted by Gasteiger charge is 2.22. The molecule has 0 spiro atoms. The molecule has 4 heteroatoms. The average molecular weight is 243 g/mol. The summed E-state index contributed by atoms with van der Waals surface area (Å²) in [5.74, 6) is 2.46. The van der Waals surface area contributed by atoms with Crippen LogP contribution in [0.1, 0.15) is 17.3 Å². The number of aryl methyl sites for hydroxylation is 1. The van der Waals surface area contributed by atoms with Gasteiger partial charge in [0.2, 0.25) is 0 Å². The van der Waals surface area contributed by atoms with Gasteiger partial charge in [-0.1, -0.05) is 11.6 Å². The van der Waals surface area contributed by atoms with Gasteiger partial charge in [-0.25, -0.2) is 4.98 Å². The number of ether oxygens (including phenoxy) is 1. The molecule has 2 heterocycles. The van der Waals surface area contributed by atoms with Gasteiger partial charge in [0.25, 0.3) is 0 Å². The van der Waals surface area contributed by atoms with Gasteiger partial charge in [0.15, 0.2) is 0 Å². The van der Waals surface area contributed by atoms with Crippen molar-refractivity contribution in [2.45, 2.75) is 12.8 Å². The van der Waals surface area contributed by atoms with Crippen LogP contribution in [0, 0.1) is 6.92 Å². The molecule has 18 heavy (non-hydrogen) atoms. The number of nitrogens with one attached hydrogen (secondary N) is 2. The standard InChI is InChI=1S/C14H17N3O/c1-9-3-4-13(18-2)11(5-9)12-8-16-14(17-12)10-6-15-7-10/h3-5,8,10,15H,6-7H2,1-2H3,(H,16,17). The highest BCUT2D eigenvalue weighted by Crippen LogP contribution is 2.30. The summed E-state index contributed by atoms with van der Waals surface area (Å²) in [4.78, 5) is 7.87. The van der Waals surface area contributed by atoms with E-state index in [0.29, 0.717) is 5.92 Å². The normalized spacial score (nSPS) is 15.4. The summed E-state index contributed by atoms with van der Waals surface area (Å²) in [5, 5.41) is 3.26. The van der Waals surface area contributed by atoms with Crippen molar-refractivity contribution in [2.75, 3.05) is 20.2 Å². The molecule has 1 fully saturated rings. The number of aromatic nitrogens is 2. The van der Waals surface area contributed by atoms with E-state index in [1.54, 1.807) is 7.11 Å². The topological polar surface area (TPSA) is 49.9 Å². The number of rotatable bonds is 3. The highest BCUT2D eigenvalue weighted by molar-refractivity contribution is 5.67. The van der Waals surface area contributed by atoms with Crippen molar-refractivity contribution in [3.8, 4) is 17.0 Å². The molecular weight excluding hydrogens is 226 g/mol. The number of H-pyrrole nitrogens is 1. The lowest BCUT2D eigenvalue weighted by Gasteiger charge is -2.24. The summed E-state index contributed by atoms with van der Waals surface area (Å²) in [7, 11) is 1.70. The predicted molar refractivity (Wildman–Crippen MR) is 70.9 cm³/mol. The van der Waals surface area contributed by atoms with Crippen molar-refractivity contribution < 1.29 is 4.74 Å². The number of nitrogens with zero attached hydrogens (tertiary/aromatic N) is 1. The van der Waals surface area contributed by atoms with E-state index in [0.717, 1.165) is 35.9 Å². The van der Waals surface area contributed by atoms with Gasteiger partial charge in [0, 0.05) is 24.6 Å². The van der Waals surface area contributed by atoms with Crippen LogP contribution in [-0.2, 0) is 0 Å². The summed E-state index contributed by atoms with van der Waals surface area (Å²) < 4.78 is 5.40. The molecule has 3 rings (SSSR count). The molecule has 0 radical (unpaired) electrons. The van der Waals surface area contributed by atoms with Gasteiger partial charge < -0.3 is 15.0 Å². The third-order valence-electron chi connectivity index (χ3n) is 3.41. The van der Waals surface area contributed by atoms with Gasteiger partial charge in [-0.3, -0.25) is 0 Å². The van der Waals surface area contributed by atoms with Gasteiger partial charge >= 0.3 is 0 Å². The lowest BCUT2D eigenvalue weighted by atomic mass is 10.0. The lowest BCUT2D eigenvalue weighted by molar-refractivity contribution is 0.416. The molecule has 0 unspecified atom stereocenters. The Bertz CT molecular complexity index is 558. The van der Waals surface area contributed by atoms with E-state index in [1.165, 1.54) is 5.56 Å². The Morgan fingerprint density at radius 1 is 1.33 bits per heavy atom. The van der Waals surface area contributed by atoms with Crippen molar-refractivity contribution >= 4 is 0 Å². The van der Waals surface area contributed by atoms with Crippen LogP contribution in [0.5, 0.6) is 5.75 Å². The molecule has 0 bridgehead atoms. The molecular formula is C14H17N3O. The molecule has 1 aromatic heterocycles. The zero-order valence-corrected chi connectivity index (χ0v) is 10.7. The molecule has 0 atom stereocenters. The van der Waals surface area contributed by atoms with E-state index >= 15 is 0 Å². The predicted octanol–water partition coefficient (Wildman–Crippen LogP) is 2.08. The van der Waals surface area contributed by atoms with Crippen LogP contribution in [0.25, 0.3) is 11.3 Å². The van der Waals surface area contributed by atoms with Gasteiger partial charge in [-0.05, 0) is 19.1 Å². The van der Waals surface area contributed by atoms with Crippen LogP contribution < -0.4 is 10.1 Å². The number of hydrogen-bond donors (Lipinski definition) is 2. The molecule has 2 aromatic rings. The van der Waals surface area contributed by atoms with Crippen LogP contribution in [0.3, 0.4) is 0 Å². The molecule has 0 amide bonds. The van der Waals surface area contributed by atoms with Crippen LogP contribution >= 0.6 is 0 Å².